The molecule has 0 bridgehead atoms. The second-order valence-corrected chi connectivity index (χ2v) is 7.29. The fourth-order valence-electron chi connectivity index (χ4n) is 3.28. The average Bonchev–Trinajstić information content (AvgIpc) is 2.57. The molecule has 0 rings (SSSR count). The molecule has 25 heavy (non-hydrogen) atoms. The van der Waals surface area contributed by atoms with Crippen LogP contribution in [0.3, 0.4) is 0 Å². The lowest BCUT2D eigenvalue weighted by Crippen LogP contribution is -2.03. The third-order valence-electron chi connectivity index (χ3n) is 4.93. The lowest BCUT2D eigenvalue weighted by atomic mass is 10.0. The summed E-state index contributed by atoms with van der Waals surface area (Å²) in [7, 11) is 0. The first kappa shape index (κ1) is 29.3. The Labute approximate surface area is 157 Å². The minimum absolute atomic E-state index is 0. The second kappa shape index (κ2) is 25.8. The standard InChI is InChI=1S/C21H43NO.2H2O/c1-3-5-7-9-11-13-15-17-19-21(22-23)20-18-16-14-12-10-8-6-4-2;;/h21H,3-20H2,1-2H3;2*1H2. The number of hydrogen-bond acceptors (Lipinski definition) is 2. The summed E-state index contributed by atoms with van der Waals surface area (Å²) in [5.74, 6) is 0. The van der Waals surface area contributed by atoms with Crippen molar-refractivity contribution in [1.82, 2.24) is 0 Å². The molecule has 4 heteroatoms. The molecule has 0 heterocycles. The van der Waals surface area contributed by atoms with Gasteiger partial charge in [0.2, 0.25) is 0 Å². The van der Waals surface area contributed by atoms with E-state index in [1.54, 1.807) is 0 Å². The summed E-state index contributed by atoms with van der Waals surface area (Å²) in [6, 6.07) is 0.0928. The van der Waals surface area contributed by atoms with Crippen LogP contribution in [-0.2, 0) is 0 Å². The van der Waals surface area contributed by atoms with Crippen molar-refractivity contribution in [3.8, 4) is 0 Å². The molecule has 0 unspecified atom stereocenters. The molecule has 0 spiro atoms. The van der Waals surface area contributed by atoms with Crippen molar-refractivity contribution in [3.63, 3.8) is 0 Å². The fourth-order valence-corrected chi connectivity index (χ4v) is 3.28. The Kier molecular flexibility index (Phi) is 30.2. The van der Waals surface area contributed by atoms with E-state index >= 15 is 0 Å². The molecular formula is C21H47NO3. The molecule has 0 aromatic carbocycles. The maximum absolute atomic E-state index is 10.9. The van der Waals surface area contributed by atoms with Gasteiger partial charge in [0.25, 0.3) is 0 Å². The van der Waals surface area contributed by atoms with Crippen molar-refractivity contribution in [2.75, 3.05) is 0 Å². The van der Waals surface area contributed by atoms with Gasteiger partial charge in [-0.15, -0.1) is 0 Å². The average molecular weight is 362 g/mol. The molecule has 0 aromatic heterocycles. The van der Waals surface area contributed by atoms with Crippen LogP contribution in [0.15, 0.2) is 5.18 Å². The molecule has 0 saturated heterocycles. The molecule has 4 N–H and O–H groups in total. The second-order valence-electron chi connectivity index (χ2n) is 7.29. The third-order valence-corrected chi connectivity index (χ3v) is 4.93. The van der Waals surface area contributed by atoms with Crippen molar-refractivity contribution in [1.29, 1.82) is 0 Å². The van der Waals surface area contributed by atoms with Crippen LogP contribution >= 0.6 is 0 Å². The third kappa shape index (κ3) is 23.5. The van der Waals surface area contributed by atoms with Crippen molar-refractivity contribution in [2.45, 2.75) is 135 Å². The quantitative estimate of drug-likeness (QED) is 0.190. The zero-order valence-electron chi connectivity index (χ0n) is 17.2. The molecule has 4 nitrogen and oxygen atoms in total. The first-order valence-corrected chi connectivity index (χ1v) is 10.7. The van der Waals surface area contributed by atoms with Crippen molar-refractivity contribution in [2.24, 2.45) is 5.18 Å². The summed E-state index contributed by atoms with van der Waals surface area (Å²) in [6.45, 7) is 4.53. The molecule has 0 aliphatic heterocycles. The van der Waals surface area contributed by atoms with E-state index in [0.29, 0.717) is 0 Å². The van der Waals surface area contributed by atoms with Crippen LogP contribution in [0.4, 0.5) is 0 Å². The number of rotatable bonds is 19. The van der Waals surface area contributed by atoms with E-state index in [9.17, 15) is 4.91 Å². The molecule has 0 aromatic rings. The SMILES string of the molecule is CCCCCCCCCCC(CCCCCCCCCC)N=O.O.O. The van der Waals surface area contributed by atoms with Crippen LogP contribution in [0.5, 0.6) is 0 Å². The summed E-state index contributed by atoms with van der Waals surface area (Å²) in [4.78, 5) is 10.9. The van der Waals surface area contributed by atoms with E-state index in [1.165, 1.54) is 103 Å². The molecule has 0 fully saturated rings. The normalized spacial score (nSPS) is 10.4. The molecule has 0 amide bonds. The summed E-state index contributed by atoms with van der Waals surface area (Å²) >= 11 is 0. The first-order chi connectivity index (χ1) is 11.3. The van der Waals surface area contributed by atoms with E-state index in [0.717, 1.165) is 12.8 Å². The highest BCUT2D eigenvalue weighted by Crippen LogP contribution is 2.17. The van der Waals surface area contributed by atoms with E-state index in [2.05, 4.69) is 19.0 Å². The Morgan fingerprint density at radius 2 is 0.800 bits per heavy atom. The molecule has 0 aliphatic rings. The van der Waals surface area contributed by atoms with E-state index in [1.807, 2.05) is 0 Å². The smallest absolute Gasteiger partial charge is 0.0919 e. The molecule has 0 saturated carbocycles. The van der Waals surface area contributed by atoms with E-state index < -0.39 is 0 Å². The predicted octanol–water partition coefficient (Wildman–Crippen LogP) is 6.53. The van der Waals surface area contributed by atoms with Gasteiger partial charge in [-0.25, -0.2) is 0 Å². The Balaban J connectivity index is -0.00000242. The Morgan fingerprint density at radius 1 is 0.520 bits per heavy atom. The Bertz CT molecular complexity index is 217. The van der Waals surface area contributed by atoms with Crippen LogP contribution in [-0.4, -0.2) is 17.0 Å². The van der Waals surface area contributed by atoms with Gasteiger partial charge in [-0.2, -0.15) is 4.91 Å². The van der Waals surface area contributed by atoms with Gasteiger partial charge in [-0.05, 0) is 12.8 Å². The fraction of sp³-hybridized carbons (Fsp3) is 1.00. The number of nitrogens with zero attached hydrogens (tertiary/aromatic N) is 1. The van der Waals surface area contributed by atoms with E-state index in [-0.39, 0.29) is 17.0 Å². The molecule has 0 atom stereocenters. The Morgan fingerprint density at radius 3 is 1.08 bits per heavy atom. The van der Waals surface area contributed by atoms with Crippen LogP contribution in [0, 0.1) is 4.91 Å². The highest BCUT2D eigenvalue weighted by atomic mass is 16.3. The van der Waals surface area contributed by atoms with Gasteiger partial charge in [0.15, 0.2) is 0 Å². The molecular weight excluding hydrogens is 314 g/mol. The monoisotopic (exact) mass is 361 g/mol. The maximum atomic E-state index is 10.9. The summed E-state index contributed by atoms with van der Waals surface area (Å²) in [5, 5.41) is 3.35. The zero-order chi connectivity index (χ0) is 17.0. The van der Waals surface area contributed by atoms with Gasteiger partial charge < -0.3 is 11.0 Å². The number of unbranched alkanes of at least 4 members (excludes halogenated alkanes) is 14. The molecule has 154 valence electrons. The van der Waals surface area contributed by atoms with Gasteiger partial charge >= 0.3 is 0 Å². The molecule has 0 radical (unpaired) electrons. The van der Waals surface area contributed by atoms with Gasteiger partial charge in [0.1, 0.15) is 0 Å². The van der Waals surface area contributed by atoms with Crippen LogP contribution < -0.4 is 0 Å². The van der Waals surface area contributed by atoms with Crippen LogP contribution in [0.1, 0.15) is 129 Å². The van der Waals surface area contributed by atoms with Gasteiger partial charge in [0, 0.05) is 0 Å². The predicted molar refractivity (Wildman–Crippen MR) is 111 cm³/mol. The highest BCUT2D eigenvalue weighted by Gasteiger charge is 2.07. The van der Waals surface area contributed by atoms with Gasteiger partial charge in [-0.1, -0.05) is 122 Å². The van der Waals surface area contributed by atoms with Crippen molar-refractivity contribution in [3.05, 3.63) is 4.91 Å². The van der Waals surface area contributed by atoms with Crippen molar-refractivity contribution < 1.29 is 11.0 Å². The minimum Gasteiger partial charge on any atom is -0.412 e. The van der Waals surface area contributed by atoms with Gasteiger partial charge in [-0.3, -0.25) is 0 Å². The topological polar surface area (TPSA) is 92.4 Å². The number of hydrogen-bond donors (Lipinski definition) is 0. The lowest BCUT2D eigenvalue weighted by Gasteiger charge is -2.09. The minimum atomic E-state index is 0. The highest BCUT2D eigenvalue weighted by molar-refractivity contribution is 4.66. The summed E-state index contributed by atoms with van der Waals surface area (Å²) in [6.07, 6.45) is 23.4. The van der Waals surface area contributed by atoms with Crippen molar-refractivity contribution >= 4 is 0 Å². The lowest BCUT2D eigenvalue weighted by molar-refractivity contribution is 0.480. The first-order valence-electron chi connectivity index (χ1n) is 10.7. The Hall–Kier alpha value is -0.480. The summed E-state index contributed by atoms with van der Waals surface area (Å²) < 4.78 is 0. The van der Waals surface area contributed by atoms with Crippen LogP contribution in [0.2, 0.25) is 0 Å². The zero-order valence-corrected chi connectivity index (χ0v) is 17.2. The largest absolute Gasteiger partial charge is 0.412 e. The molecule has 0 aliphatic carbocycles. The van der Waals surface area contributed by atoms with Crippen LogP contribution in [0.25, 0.3) is 0 Å². The van der Waals surface area contributed by atoms with E-state index in [4.69, 9.17) is 0 Å². The van der Waals surface area contributed by atoms with Gasteiger partial charge in [0.05, 0.1) is 6.04 Å². The number of nitroso groups, excluding NO2 is 1. The maximum Gasteiger partial charge on any atom is 0.0919 e. The summed E-state index contributed by atoms with van der Waals surface area (Å²) in [5.41, 5.74) is 0.